The number of hydrogen-bond donors (Lipinski definition) is 2. The number of nitrogens with zero attached hydrogens (tertiary/aromatic N) is 1. The van der Waals surface area contributed by atoms with Gasteiger partial charge in [-0.3, -0.25) is 0 Å². The van der Waals surface area contributed by atoms with Crippen LogP contribution in [0.4, 0.5) is 0 Å². The molecule has 0 aliphatic heterocycles. The average Bonchev–Trinajstić information content (AvgIpc) is 2.46. The smallest absolute Gasteiger partial charge is 0.191 e. The number of unbranched alkanes of at least 4 members (excludes halogenated alkanes) is 1. The first-order valence-electron chi connectivity index (χ1n) is 7.01. The van der Waals surface area contributed by atoms with Gasteiger partial charge in [0, 0.05) is 17.6 Å². The van der Waals surface area contributed by atoms with E-state index in [0.717, 1.165) is 23.5 Å². The highest BCUT2D eigenvalue weighted by Gasteiger charge is 1.97. The van der Waals surface area contributed by atoms with Crippen LogP contribution in [0.5, 0.6) is 0 Å². The van der Waals surface area contributed by atoms with Gasteiger partial charge in [-0.15, -0.1) is 0 Å². The maximum atomic E-state index is 4.61. The van der Waals surface area contributed by atoms with Gasteiger partial charge in [-0.05, 0) is 49.5 Å². The summed E-state index contributed by atoms with van der Waals surface area (Å²) in [5.41, 5.74) is 1.22. The fourth-order valence-electron chi connectivity index (χ4n) is 1.68. The second-order valence-electron chi connectivity index (χ2n) is 4.45. The number of guanidine groups is 1. The minimum absolute atomic E-state index is 0.702. The van der Waals surface area contributed by atoms with E-state index in [1.165, 1.54) is 24.2 Å². The lowest BCUT2D eigenvalue weighted by Gasteiger charge is -2.11. The predicted octanol–water partition coefficient (Wildman–Crippen LogP) is 3.65. The first-order valence-corrected chi connectivity index (χ1v) is 9.20. The van der Waals surface area contributed by atoms with Crippen LogP contribution < -0.4 is 10.6 Å². The second-order valence-corrected chi connectivity index (χ2v) is 6.35. The van der Waals surface area contributed by atoms with Crippen molar-refractivity contribution in [1.82, 2.24) is 10.6 Å². The van der Waals surface area contributed by atoms with E-state index < -0.39 is 0 Å². The van der Waals surface area contributed by atoms with Gasteiger partial charge < -0.3 is 10.6 Å². The molecule has 1 aromatic rings. The Kier molecular flexibility index (Phi) is 9.58. The molecule has 2 N–H and O–H groups in total. The quantitative estimate of drug-likeness (QED) is 0.423. The Labute approximate surface area is 135 Å². The van der Waals surface area contributed by atoms with Crippen LogP contribution in [0.1, 0.15) is 25.3 Å². The van der Waals surface area contributed by atoms with Crippen LogP contribution in [0.3, 0.4) is 0 Å². The molecule has 1 aromatic carbocycles. The fraction of sp³-hybridized carbons (Fsp3) is 0.533. The van der Waals surface area contributed by atoms with Gasteiger partial charge >= 0.3 is 0 Å². The molecule has 3 nitrogen and oxygen atoms in total. The summed E-state index contributed by atoms with van der Waals surface area (Å²) in [7, 11) is 0. The third-order valence-corrected chi connectivity index (χ3v) is 3.97. The molecule has 0 aliphatic carbocycles. The Morgan fingerprint density at radius 2 is 1.95 bits per heavy atom. The van der Waals surface area contributed by atoms with Crippen LogP contribution in [0, 0.1) is 0 Å². The summed E-state index contributed by atoms with van der Waals surface area (Å²) in [6, 6.07) is 8.28. The third-order valence-electron chi connectivity index (χ3n) is 2.74. The van der Waals surface area contributed by atoms with Gasteiger partial charge in [0.1, 0.15) is 0 Å². The van der Waals surface area contributed by atoms with E-state index in [1.807, 2.05) is 23.9 Å². The van der Waals surface area contributed by atoms with E-state index >= 15 is 0 Å². The predicted molar refractivity (Wildman–Crippen MR) is 94.6 cm³/mol. The van der Waals surface area contributed by atoms with Crippen molar-refractivity contribution in [1.29, 1.82) is 0 Å². The van der Waals surface area contributed by atoms with Crippen LogP contribution in [-0.2, 0) is 6.54 Å². The van der Waals surface area contributed by atoms with E-state index in [4.69, 9.17) is 0 Å². The zero-order valence-corrected chi connectivity index (χ0v) is 14.7. The number of rotatable bonds is 8. The lowest BCUT2D eigenvalue weighted by Crippen LogP contribution is -2.37. The zero-order chi connectivity index (χ0) is 14.6. The normalized spacial score (nSPS) is 11.4. The van der Waals surface area contributed by atoms with E-state index in [-0.39, 0.29) is 0 Å². The summed E-state index contributed by atoms with van der Waals surface area (Å²) in [5.74, 6) is 2.13. The van der Waals surface area contributed by atoms with Crippen molar-refractivity contribution in [3.05, 3.63) is 34.3 Å². The monoisotopic (exact) mass is 357 g/mol. The molecule has 0 aromatic heterocycles. The number of hydrogen-bond acceptors (Lipinski definition) is 2. The van der Waals surface area contributed by atoms with E-state index in [0.29, 0.717) is 6.54 Å². The molecule has 0 fully saturated rings. The molecule has 0 saturated heterocycles. The Morgan fingerprint density at radius 3 is 2.60 bits per heavy atom. The topological polar surface area (TPSA) is 36.4 Å². The van der Waals surface area contributed by atoms with Gasteiger partial charge in [0.25, 0.3) is 0 Å². The van der Waals surface area contributed by atoms with Gasteiger partial charge in [-0.2, -0.15) is 11.8 Å². The Balaban J connectivity index is 2.39. The van der Waals surface area contributed by atoms with Crippen molar-refractivity contribution < 1.29 is 0 Å². The van der Waals surface area contributed by atoms with Crippen molar-refractivity contribution in [2.45, 2.75) is 26.3 Å². The van der Waals surface area contributed by atoms with E-state index in [2.05, 4.69) is 56.9 Å². The van der Waals surface area contributed by atoms with Gasteiger partial charge in [0.2, 0.25) is 0 Å². The molecule has 0 saturated carbocycles. The number of aliphatic imine (C=N–C) groups is 1. The number of thioether (sulfide) groups is 1. The number of halogens is 1. The minimum Gasteiger partial charge on any atom is -0.357 e. The summed E-state index contributed by atoms with van der Waals surface area (Å²) in [5, 5.41) is 6.66. The third kappa shape index (κ3) is 7.80. The van der Waals surface area contributed by atoms with Crippen LogP contribution in [0.2, 0.25) is 0 Å². The molecule has 0 atom stereocenters. The van der Waals surface area contributed by atoms with Gasteiger partial charge in [0.15, 0.2) is 5.96 Å². The molecule has 0 bridgehead atoms. The number of nitrogens with one attached hydrogen (secondary N) is 2. The van der Waals surface area contributed by atoms with Gasteiger partial charge in [-0.1, -0.05) is 28.1 Å². The molecular formula is C15H24BrN3S. The summed E-state index contributed by atoms with van der Waals surface area (Å²) in [6.07, 6.45) is 4.58. The Bertz CT molecular complexity index is 393. The highest BCUT2D eigenvalue weighted by atomic mass is 79.9. The molecule has 1 rings (SSSR count). The fourth-order valence-corrected chi connectivity index (χ4v) is 2.44. The molecular weight excluding hydrogens is 334 g/mol. The molecule has 0 amide bonds. The first-order chi connectivity index (χ1) is 9.76. The van der Waals surface area contributed by atoms with Crippen LogP contribution in [0.25, 0.3) is 0 Å². The summed E-state index contributed by atoms with van der Waals surface area (Å²) >= 11 is 5.34. The first kappa shape index (κ1) is 17.4. The Hall–Kier alpha value is -0.680. The van der Waals surface area contributed by atoms with Crippen molar-refractivity contribution in [3.8, 4) is 0 Å². The maximum Gasteiger partial charge on any atom is 0.191 e. The average molecular weight is 358 g/mol. The van der Waals surface area contributed by atoms with Crippen LogP contribution >= 0.6 is 27.7 Å². The molecule has 112 valence electrons. The molecule has 0 unspecified atom stereocenters. The minimum atomic E-state index is 0.702. The molecule has 5 heteroatoms. The molecule has 20 heavy (non-hydrogen) atoms. The van der Waals surface area contributed by atoms with E-state index in [9.17, 15) is 0 Å². The van der Waals surface area contributed by atoms with Gasteiger partial charge in [-0.25, -0.2) is 4.99 Å². The standard InChI is InChI=1S/C15H24BrN3S/c1-3-17-15(18-10-4-5-11-20-2)19-12-13-6-8-14(16)9-7-13/h6-9H,3-5,10-12H2,1-2H3,(H2,17,18,19). The second kappa shape index (κ2) is 11.0. The molecule has 0 aliphatic rings. The van der Waals surface area contributed by atoms with Crippen molar-refractivity contribution in [2.75, 3.05) is 25.1 Å². The van der Waals surface area contributed by atoms with Crippen molar-refractivity contribution in [3.63, 3.8) is 0 Å². The molecule has 0 radical (unpaired) electrons. The molecule has 0 spiro atoms. The largest absolute Gasteiger partial charge is 0.357 e. The summed E-state index contributed by atoms with van der Waals surface area (Å²) in [6.45, 7) is 4.65. The number of benzene rings is 1. The summed E-state index contributed by atoms with van der Waals surface area (Å²) in [4.78, 5) is 4.61. The zero-order valence-electron chi connectivity index (χ0n) is 12.3. The van der Waals surface area contributed by atoms with Crippen molar-refractivity contribution >= 4 is 33.7 Å². The SMILES string of the molecule is CCNC(=NCc1ccc(Br)cc1)NCCCCSC. The Morgan fingerprint density at radius 1 is 1.20 bits per heavy atom. The lowest BCUT2D eigenvalue weighted by molar-refractivity contribution is 0.734. The maximum absolute atomic E-state index is 4.61. The van der Waals surface area contributed by atoms with E-state index in [1.54, 1.807) is 0 Å². The summed E-state index contributed by atoms with van der Waals surface area (Å²) < 4.78 is 1.10. The highest BCUT2D eigenvalue weighted by Crippen LogP contribution is 2.11. The van der Waals surface area contributed by atoms with Crippen LogP contribution in [-0.4, -0.2) is 31.1 Å². The van der Waals surface area contributed by atoms with Crippen molar-refractivity contribution in [2.24, 2.45) is 4.99 Å². The highest BCUT2D eigenvalue weighted by molar-refractivity contribution is 9.10. The van der Waals surface area contributed by atoms with Crippen LogP contribution in [0.15, 0.2) is 33.7 Å². The van der Waals surface area contributed by atoms with Gasteiger partial charge in [0.05, 0.1) is 6.54 Å². The lowest BCUT2D eigenvalue weighted by atomic mass is 10.2. The molecule has 0 heterocycles.